The summed E-state index contributed by atoms with van der Waals surface area (Å²) in [5.74, 6) is -1.59. The van der Waals surface area contributed by atoms with Crippen LogP contribution in [0, 0.1) is 0 Å². The van der Waals surface area contributed by atoms with E-state index in [9.17, 15) is 19.5 Å². The molecule has 0 unspecified atom stereocenters. The highest BCUT2D eigenvalue weighted by atomic mass is 16.5. The van der Waals surface area contributed by atoms with Gasteiger partial charge in [0, 0.05) is 34.6 Å². The number of nitrogens with one attached hydrogen (secondary N) is 2. The van der Waals surface area contributed by atoms with Crippen LogP contribution in [0.2, 0.25) is 0 Å². The van der Waals surface area contributed by atoms with E-state index in [4.69, 9.17) is 19.2 Å². The van der Waals surface area contributed by atoms with Gasteiger partial charge in [0.05, 0.1) is 22.9 Å². The summed E-state index contributed by atoms with van der Waals surface area (Å²) in [6, 6.07) is 13.1. The Morgan fingerprint density at radius 2 is 1.90 bits per heavy atom. The minimum absolute atomic E-state index is 0.0181. The van der Waals surface area contributed by atoms with E-state index in [0.29, 0.717) is 28.6 Å². The van der Waals surface area contributed by atoms with Gasteiger partial charge in [-0.05, 0) is 61.4 Å². The number of imidazole rings is 1. The van der Waals surface area contributed by atoms with E-state index in [2.05, 4.69) is 14.9 Å². The molecule has 4 N–H and O–H groups in total. The number of hydrogen-bond acceptors (Lipinski definition) is 6. The Kier molecular flexibility index (Phi) is 7.39. The van der Waals surface area contributed by atoms with E-state index in [1.165, 1.54) is 6.42 Å². The van der Waals surface area contributed by atoms with Crippen molar-refractivity contribution in [3.05, 3.63) is 72.3 Å². The van der Waals surface area contributed by atoms with E-state index in [0.717, 1.165) is 53.5 Å². The minimum Gasteiger partial charge on any atom is -0.482 e. The second-order valence-electron chi connectivity index (χ2n) is 10.6. The quantitative estimate of drug-likeness (QED) is 0.179. The lowest BCUT2D eigenvalue weighted by atomic mass is 9.95. The summed E-state index contributed by atoms with van der Waals surface area (Å²) in [7, 11) is 0. The molecule has 5 aromatic rings. The SMILES string of the molecule is O=C(O)COc1ccc2[nH]c(C[C@H](NC(=O)c3ccc4c(c3)nc(-c3ccoc3)n4C3CCCCC3)C(=O)O)cc2c1. The van der Waals surface area contributed by atoms with Crippen molar-refractivity contribution >= 4 is 39.8 Å². The number of fused-ring (bicyclic) bond motifs is 2. The lowest BCUT2D eigenvalue weighted by Gasteiger charge is -2.25. The van der Waals surface area contributed by atoms with Crippen molar-refractivity contribution in [2.24, 2.45) is 0 Å². The van der Waals surface area contributed by atoms with Gasteiger partial charge in [-0.1, -0.05) is 19.3 Å². The number of carboxylic acid groups (broad SMARTS) is 2. The number of aromatic amines is 1. The normalized spacial score (nSPS) is 14.7. The fourth-order valence-corrected chi connectivity index (χ4v) is 5.72. The third kappa shape index (κ3) is 5.58. The maximum atomic E-state index is 13.3. The Bertz CT molecular complexity index is 1760. The monoisotopic (exact) mass is 570 g/mol. The van der Waals surface area contributed by atoms with Crippen LogP contribution in [0.15, 0.2) is 65.5 Å². The largest absolute Gasteiger partial charge is 0.482 e. The van der Waals surface area contributed by atoms with Gasteiger partial charge in [0.1, 0.15) is 23.9 Å². The van der Waals surface area contributed by atoms with Gasteiger partial charge < -0.3 is 34.2 Å². The minimum atomic E-state index is -1.19. The van der Waals surface area contributed by atoms with Crippen LogP contribution in [0.1, 0.15) is 54.2 Å². The molecule has 0 bridgehead atoms. The van der Waals surface area contributed by atoms with Crippen LogP contribution in [0.25, 0.3) is 33.3 Å². The molecule has 0 saturated heterocycles. The number of aliphatic carboxylic acids is 2. The lowest BCUT2D eigenvalue weighted by molar-refractivity contribution is -0.140. The molecule has 2 aromatic carbocycles. The lowest BCUT2D eigenvalue weighted by Crippen LogP contribution is -2.42. The van der Waals surface area contributed by atoms with Crippen molar-refractivity contribution < 1.29 is 33.8 Å². The molecular formula is C31H30N4O7. The van der Waals surface area contributed by atoms with Crippen LogP contribution in [0.3, 0.4) is 0 Å². The molecule has 3 aromatic heterocycles. The Balaban J connectivity index is 1.23. The van der Waals surface area contributed by atoms with Gasteiger partial charge in [0.15, 0.2) is 6.61 Å². The molecule has 1 fully saturated rings. The molecule has 0 radical (unpaired) electrons. The van der Waals surface area contributed by atoms with Gasteiger partial charge in [0.25, 0.3) is 5.91 Å². The summed E-state index contributed by atoms with van der Waals surface area (Å²) in [5.41, 5.74) is 4.10. The number of carbonyl (C=O) groups is 3. The summed E-state index contributed by atoms with van der Waals surface area (Å²) in [5, 5.41) is 22.1. The van der Waals surface area contributed by atoms with Crippen LogP contribution in [-0.2, 0) is 16.0 Å². The number of benzene rings is 2. The molecule has 1 amide bonds. The van der Waals surface area contributed by atoms with Crippen LogP contribution in [0.4, 0.5) is 0 Å². The number of carboxylic acids is 2. The molecule has 11 nitrogen and oxygen atoms in total. The summed E-state index contributed by atoms with van der Waals surface area (Å²) in [6.45, 7) is -0.465. The second kappa shape index (κ2) is 11.4. The highest BCUT2D eigenvalue weighted by Crippen LogP contribution is 2.36. The number of hydrogen-bond donors (Lipinski definition) is 4. The first-order valence-electron chi connectivity index (χ1n) is 13.9. The van der Waals surface area contributed by atoms with Crippen molar-refractivity contribution in [2.45, 2.75) is 50.6 Å². The predicted molar refractivity (Wildman–Crippen MR) is 154 cm³/mol. The van der Waals surface area contributed by atoms with Gasteiger partial charge in [-0.3, -0.25) is 4.79 Å². The number of amides is 1. The average molecular weight is 571 g/mol. The Labute approximate surface area is 240 Å². The molecule has 0 aliphatic heterocycles. The first-order valence-corrected chi connectivity index (χ1v) is 13.9. The van der Waals surface area contributed by atoms with E-state index < -0.39 is 30.5 Å². The zero-order valence-corrected chi connectivity index (χ0v) is 22.7. The maximum absolute atomic E-state index is 13.3. The molecule has 6 rings (SSSR count). The van der Waals surface area contributed by atoms with Crippen molar-refractivity contribution in [3.63, 3.8) is 0 Å². The van der Waals surface area contributed by atoms with Crippen molar-refractivity contribution in [3.8, 4) is 17.1 Å². The fourth-order valence-electron chi connectivity index (χ4n) is 5.72. The van der Waals surface area contributed by atoms with E-state index >= 15 is 0 Å². The highest BCUT2D eigenvalue weighted by molar-refractivity contribution is 5.99. The molecule has 1 saturated carbocycles. The molecule has 1 aliphatic carbocycles. The van der Waals surface area contributed by atoms with Crippen LogP contribution in [-0.4, -0.2) is 55.2 Å². The summed E-state index contributed by atoms with van der Waals surface area (Å²) in [6.07, 6.45) is 8.95. The predicted octanol–water partition coefficient (Wildman–Crippen LogP) is 5.17. The third-order valence-electron chi connectivity index (χ3n) is 7.71. The Hall–Kier alpha value is -5.06. The molecule has 1 atom stereocenters. The first kappa shape index (κ1) is 27.1. The van der Waals surface area contributed by atoms with Crippen LogP contribution >= 0.6 is 0 Å². The maximum Gasteiger partial charge on any atom is 0.341 e. The van der Waals surface area contributed by atoms with E-state index in [1.807, 2.05) is 12.1 Å². The van der Waals surface area contributed by atoms with Gasteiger partial charge in [0.2, 0.25) is 0 Å². The van der Waals surface area contributed by atoms with Crippen LogP contribution in [0.5, 0.6) is 5.75 Å². The molecule has 216 valence electrons. The van der Waals surface area contributed by atoms with Crippen molar-refractivity contribution in [2.75, 3.05) is 6.61 Å². The number of furan rings is 1. The summed E-state index contributed by atoms with van der Waals surface area (Å²) >= 11 is 0. The van der Waals surface area contributed by atoms with Gasteiger partial charge >= 0.3 is 11.9 Å². The smallest absolute Gasteiger partial charge is 0.341 e. The number of ether oxygens (including phenoxy) is 1. The molecule has 11 heteroatoms. The first-order chi connectivity index (χ1) is 20.4. The highest BCUT2D eigenvalue weighted by Gasteiger charge is 2.25. The number of rotatable bonds is 10. The van der Waals surface area contributed by atoms with Crippen LogP contribution < -0.4 is 10.1 Å². The molecule has 1 aliphatic rings. The fraction of sp³-hybridized carbons (Fsp3) is 0.290. The Morgan fingerprint density at radius 1 is 1.07 bits per heavy atom. The average Bonchev–Trinajstić information content (AvgIpc) is 3.73. The number of H-pyrrole nitrogens is 1. The molecular weight excluding hydrogens is 540 g/mol. The summed E-state index contributed by atoms with van der Waals surface area (Å²) in [4.78, 5) is 44.2. The topological polar surface area (TPSA) is 160 Å². The van der Waals surface area contributed by atoms with Gasteiger partial charge in [-0.15, -0.1) is 0 Å². The van der Waals surface area contributed by atoms with Crippen molar-refractivity contribution in [1.82, 2.24) is 19.9 Å². The number of nitrogens with zero attached hydrogens (tertiary/aromatic N) is 2. The molecule has 0 spiro atoms. The zero-order valence-electron chi connectivity index (χ0n) is 22.7. The third-order valence-corrected chi connectivity index (χ3v) is 7.71. The van der Waals surface area contributed by atoms with E-state index in [-0.39, 0.29) is 6.42 Å². The second-order valence-corrected chi connectivity index (χ2v) is 10.6. The zero-order chi connectivity index (χ0) is 29.2. The molecule has 42 heavy (non-hydrogen) atoms. The molecule has 3 heterocycles. The summed E-state index contributed by atoms with van der Waals surface area (Å²) < 4.78 is 12.8. The van der Waals surface area contributed by atoms with Crippen molar-refractivity contribution in [1.29, 1.82) is 0 Å². The van der Waals surface area contributed by atoms with Gasteiger partial charge in [-0.2, -0.15) is 0 Å². The number of carbonyl (C=O) groups excluding carboxylic acids is 1. The standard InChI is InChI=1S/C31H30N4O7/c36-28(37)17-42-23-7-8-24-20(13-23)12-21(32-24)15-26(31(39)40)34-30(38)18-6-9-27-25(14-18)33-29(19-10-11-41-16-19)35(27)22-4-2-1-3-5-22/h6-14,16,22,26,32H,1-5,15,17H2,(H,34,38)(H,36,37)(H,39,40)/t26-/m0/s1. The Morgan fingerprint density at radius 3 is 2.64 bits per heavy atom. The number of aromatic nitrogens is 3. The van der Waals surface area contributed by atoms with Gasteiger partial charge in [-0.25, -0.2) is 14.6 Å². The van der Waals surface area contributed by atoms with E-state index in [1.54, 1.807) is 48.9 Å².